The highest BCUT2D eigenvalue weighted by Crippen LogP contribution is 2.20. The monoisotopic (exact) mass is 222 g/mol. The Kier molecular flexibility index (Phi) is 4.05. The van der Waals surface area contributed by atoms with Gasteiger partial charge in [0.15, 0.2) is 5.78 Å². The molecule has 0 saturated heterocycles. The molecule has 0 bridgehead atoms. The number of carbonyl (C=O) groups is 2. The van der Waals surface area contributed by atoms with Gasteiger partial charge in [0, 0.05) is 0 Å². The largest absolute Gasteiger partial charge is 0.496 e. The molecule has 1 aromatic carbocycles. The Bertz CT molecular complexity index is 409. The molecule has 16 heavy (non-hydrogen) atoms. The third-order valence-corrected chi connectivity index (χ3v) is 2.09. The van der Waals surface area contributed by atoms with Crippen LogP contribution in [0.15, 0.2) is 18.2 Å². The van der Waals surface area contributed by atoms with E-state index in [2.05, 4.69) is 0 Å². The number of hydrogen-bond donors (Lipinski definition) is 0. The predicted molar refractivity (Wildman–Crippen MR) is 59.0 cm³/mol. The van der Waals surface area contributed by atoms with Crippen LogP contribution in [0, 0.1) is 0 Å². The van der Waals surface area contributed by atoms with Crippen LogP contribution in [0.4, 0.5) is 0 Å². The number of carbonyl (C=O) groups excluding carboxylic acids is 2. The number of hydrogen-bond acceptors (Lipinski definition) is 4. The molecule has 0 atom stereocenters. The molecule has 86 valence electrons. The molecule has 0 radical (unpaired) electrons. The van der Waals surface area contributed by atoms with Gasteiger partial charge in [-0.1, -0.05) is 0 Å². The second-order valence-corrected chi connectivity index (χ2v) is 3.19. The molecule has 4 nitrogen and oxygen atoms in total. The fraction of sp³-hybridized carbons (Fsp3) is 0.333. The van der Waals surface area contributed by atoms with Crippen LogP contribution < -0.4 is 4.74 Å². The zero-order valence-corrected chi connectivity index (χ0v) is 9.57. The molecule has 0 saturated carbocycles. The van der Waals surface area contributed by atoms with E-state index in [1.807, 2.05) is 0 Å². The molecular weight excluding hydrogens is 208 g/mol. The van der Waals surface area contributed by atoms with Gasteiger partial charge in [-0.25, -0.2) is 4.79 Å². The number of benzene rings is 1. The molecule has 1 rings (SSSR count). The fourth-order valence-electron chi connectivity index (χ4n) is 1.32. The van der Waals surface area contributed by atoms with Gasteiger partial charge in [0.1, 0.15) is 5.75 Å². The van der Waals surface area contributed by atoms with Gasteiger partial charge in [-0.2, -0.15) is 0 Å². The van der Waals surface area contributed by atoms with E-state index in [4.69, 9.17) is 9.47 Å². The number of ketones is 1. The lowest BCUT2D eigenvalue weighted by molar-refractivity contribution is 0.0526. The second kappa shape index (κ2) is 5.30. The zero-order valence-electron chi connectivity index (χ0n) is 9.57. The van der Waals surface area contributed by atoms with Crippen LogP contribution in [0.1, 0.15) is 34.6 Å². The first-order valence-corrected chi connectivity index (χ1v) is 4.96. The fourth-order valence-corrected chi connectivity index (χ4v) is 1.32. The molecule has 0 spiro atoms. The standard InChI is InChI=1S/C12H14O4/c1-4-16-12(14)9-5-6-11(15-3)10(7-9)8(2)13/h5-7H,4H2,1-3H3. The number of ether oxygens (including phenoxy) is 2. The highest BCUT2D eigenvalue weighted by Gasteiger charge is 2.13. The van der Waals surface area contributed by atoms with E-state index in [1.165, 1.54) is 20.1 Å². The molecule has 0 unspecified atom stereocenters. The molecule has 0 aliphatic heterocycles. The number of esters is 1. The van der Waals surface area contributed by atoms with Crippen molar-refractivity contribution in [1.29, 1.82) is 0 Å². The summed E-state index contributed by atoms with van der Waals surface area (Å²) in [6, 6.07) is 4.64. The van der Waals surface area contributed by atoms with E-state index < -0.39 is 5.97 Å². The van der Waals surface area contributed by atoms with Crippen LogP contribution in [0.2, 0.25) is 0 Å². The molecule has 1 aromatic rings. The predicted octanol–water partition coefficient (Wildman–Crippen LogP) is 2.07. The SMILES string of the molecule is CCOC(=O)c1ccc(OC)c(C(C)=O)c1. The molecular formula is C12H14O4. The van der Waals surface area contributed by atoms with Gasteiger partial charge in [0.2, 0.25) is 0 Å². The highest BCUT2D eigenvalue weighted by atomic mass is 16.5. The summed E-state index contributed by atoms with van der Waals surface area (Å²) in [5.41, 5.74) is 0.737. The average molecular weight is 222 g/mol. The number of methoxy groups -OCH3 is 1. The van der Waals surface area contributed by atoms with Crippen LogP contribution in [0.25, 0.3) is 0 Å². The minimum absolute atomic E-state index is 0.150. The van der Waals surface area contributed by atoms with Crippen molar-refractivity contribution in [3.63, 3.8) is 0 Å². The zero-order chi connectivity index (χ0) is 12.1. The molecule has 0 amide bonds. The highest BCUT2D eigenvalue weighted by molar-refractivity contribution is 6.00. The van der Waals surface area contributed by atoms with E-state index in [1.54, 1.807) is 19.1 Å². The normalized spacial score (nSPS) is 9.69. The smallest absolute Gasteiger partial charge is 0.338 e. The van der Waals surface area contributed by atoms with Gasteiger partial charge in [-0.15, -0.1) is 0 Å². The Labute approximate surface area is 94.2 Å². The van der Waals surface area contributed by atoms with Gasteiger partial charge in [0.25, 0.3) is 0 Å². The van der Waals surface area contributed by atoms with E-state index >= 15 is 0 Å². The van der Waals surface area contributed by atoms with E-state index in [0.717, 1.165) is 0 Å². The van der Waals surface area contributed by atoms with Crippen LogP contribution in [-0.4, -0.2) is 25.5 Å². The minimum atomic E-state index is -0.437. The Balaban J connectivity index is 3.11. The topological polar surface area (TPSA) is 52.6 Å². The molecule has 4 heteroatoms. The van der Waals surface area contributed by atoms with Crippen molar-refractivity contribution in [2.24, 2.45) is 0 Å². The Morgan fingerprint density at radius 3 is 2.50 bits per heavy atom. The number of Topliss-reactive ketones (excluding diaryl/α,β-unsaturated/α-hetero) is 1. The maximum Gasteiger partial charge on any atom is 0.338 e. The first kappa shape index (κ1) is 12.2. The van der Waals surface area contributed by atoms with Crippen LogP contribution in [0.5, 0.6) is 5.75 Å². The summed E-state index contributed by atoms with van der Waals surface area (Å²) in [7, 11) is 1.48. The average Bonchev–Trinajstić information content (AvgIpc) is 2.28. The lowest BCUT2D eigenvalue weighted by atomic mass is 10.1. The van der Waals surface area contributed by atoms with Crippen molar-refractivity contribution in [3.05, 3.63) is 29.3 Å². The Morgan fingerprint density at radius 2 is 2.00 bits per heavy atom. The summed E-state index contributed by atoms with van der Waals surface area (Å²) < 4.78 is 9.87. The molecule has 0 fully saturated rings. The van der Waals surface area contributed by atoms with E-state index in [9.17, 15) is 9.59 Å². The lowest BCUT2D eigenvalue weighted by Gasteiger charge is -2.07. The summed E-state index contributed by atoms with van der Waals surface area (Å²) >= 11 is 0. The lowest BCUT2D eigenvalue weighted by Crippen LogP contribution is -2.07. The van der Waals surface area contributed by atoms with E-state index in [0.29, 0.717) is 23.5 Å². The van der Waals surface area contributed by atoms with Crippen LogP contribution in [0.3, 0.4) is 0 Å². The first-order chi connectivity index (χ1) is 7.60. The maximum atomic E-state index is 11.4. The van der Waals surface area contributed by atoms with Gasteiger partial charge in [-0.05, 0) is 32.0 Å². The van der Waals surface area contributed by atoms with E-state index in [-0.39, 0.29) is 5.78 Å². The van der Waals surface area contributed by atoms with Crippen LogP contribution >= 0.6 is 0 Å². The van der Waals surface area contributed by atoms with Crippen molar-refractivity contribution in [1.82, 2.24) is 0 Å². The molecule has 0 aromatic heterocycles. The Hall–Kier alpha value is -1.84. The van der Waals surface area contributed by atoms with Crippen molar-refractivity contribution in [2.75, 3.05) is 13.7 Å². The summed E-state index contributed by atoms with van der Waals surface area (Å²) in [5, 5.41) is 0. The maximum absolute atomic E-state index is 11.4. The van der Waals surface area contributed by atoms with Crippen LogP contribution in [-0.2, 0) is 4.74 Å². The molecule has 0 N–H and O–H groups in total. The van der Waals surface area contributed by atoms with Crippen molar-refractivity contribution >= 4 is 11.8 Å². The molecule has 0 heterocycles. The third-order valence-electron chi connectivity index (χ3n) is 2.09. The molecule has 0 aliphatic rings. The summed E-state index contributed by atoms with van der Waals surface area (Å²) in [6.07, 6.45) is 0. The van der Waals surface area contributed by atoms with Gasteiger partial charge < -0.3 is 9.47 Å². The summed E-state index contributed by atoms with van der Waals surface area (Å²) in [6.45, 7) is 3.46. The number of rotatable bonds is 4. The Morgan fingerprint density at radius 1 is 1.31 bits per heavy atom. The van der Waals surface area contributed by atoms with Crippen molar-refractivity contribution in [2.45, 2.75) is 13.8 Å². The second-order valence-electron chi connectivity index (χ2n) is 3.19. The van der Waals surface area contributed by atoms with Gasteiger partial charge in [0.05, 0.1) is 24.8 Å². The first-order valence-electron chi connectivity index (χ1n) is 4.96. The van der Waals surface area contributed by atoms with Gasteiger partial charge in [-0.3, -0.25) is 4.79 Å². The summed E-state index contributed by atoms with van der Waals surface area (Å²) in [4.78, 5) is 22.8. The minimum Gasteiger partial charge on any atom is -0.496 e. The van der Waals surface area contributed by atoms with Crippen molar-refractivity contribution in [3.8, 4) is 5.75 Å². The molecule has 0 aliphatic carbocycles. The quantitative estimate of drug-likeness (QED) is 0.578. The van der Waals surface area contributed by atoms with Crippen molar-refractivity contribution < 1.29 is 19.1 Å². The van der Waals surface area contributed by atoms with Gasteiger partial charge >= 0.3 is 5.97 Å². The summed E-state index contributed by atoms with van der Waals surface area (Å²) in [5.74, 6) is -0.129. The third kappa shape index (κ3) is 2.59.